The van der Waals surface area contributed by atoms with Gasteiger partial charge >= 0.3 is 5.97 Å². The van der Waals surface area contributed by atoms with E-state index in [4.69, 9.17) is 4.74 Å². The second-order valence-electron chi connectivity index (χ2n) is 4.91. The van der Waals surface area contributed by atoms with E-state index in [1.165, 1.54) is 12.5 Å². The van der Waals surface area contributed by atoms with Crippen LogP contribution in [0.1, 0.15) is 43.6 Å². The van der Waals surface area contributed by atoms with Crippen LogP contribution in [-0.4, -0.2) is 17.9 Å². The molecule has 98 valence electrons. The molecule has 0 N–H and O–H groups in total. The van der Waals surface area contributed by atoms with Crippen LogP contribution in [0.4, 0.5) is 0 Å². The number of benzene rings is 1. The third-order valence-electron chi connectivity index (χ3n) is 2.59. The molecule has 1 atom stereocenters. The Morgan fingerprint density at radius 3 is 2.11 bits per heavy atom. The fraction of sp³-hybridized carbons (Fsp3) is 0.467. The van der Waals surface area contributed by atoms with E-state index in [0.717, 1.165) is 6.42 Å². The molecule has 1 rings (SSSR count). The van der Waals surface area contributed by atoms with Gasteiger partial charge in [-0.05, 0) is 24.8 Å². The zero-order valence-electron chi connectivity index (χ0n) is 11.4. The lowest BCUT2D eigenvalue weighted by Crippen LogP contribution is -2.23. The molecule has 1 unspecified atom stereocenters. The molecule has 0 fully saturated rings. The van der Waals surface area contributed by atoms with E-state index in [2.05, 4.69) is 13.8 Å². The van der Waals surface area contributed by atoms with E-state index in [1.54, 1.807) is 19.1 Å². The standard InChI is InChI=1S/C15H20O3/c1-10(2)9-13-5-7-14(8-6-13)15(17)11(3)18-12(4)16/h5-8,10-11H,9H2,1-4H3. The van der Waals surface area contributed by atoms with Gasteiger partial charge < -0.3 is 4.74 Å². The van der Waals surface area contributed by atoms with Crippen LogP contribution in [0.15, 0.2) is 24.3 Å². The number of Topliss-reactive ketones (excluding diaryl/α,β-unsaturated/α-hetero) is 1. The van der Waals surface area contributed by atoms with Crippen molar-refractivity contribution in [1.29, 1.82) is 0 Å². The number of hydrogen-bond donors (Lipinski definition) is 0. The van der Waals surface area contributed by atoms with Crippen LogP contribution in [0.25, 0.3) is 0 Å². The van der Waals surface area contributed by atoms with E-state index in [-0.39, 0.29) is 5.78 Å². The monoisotopic (exact) mass is 248 g/mol. The molecule has 1 aromatic carbocycles. The van der Waals surface area contributed by atoms with E-state index >= 15 is 0 Å². The van der Waals surface area contributed by atoms with Gasteiger partial charge in [-0.25, -0.2) is 0 Å². The first-order valence-electron chi connectivity index (χ1n) is 6.20. The molecular formula is C15H20O3. The van der Waals surface area contributed by atoms with Gasteiger partial charge in [0.25, 0.3) is 0 Å². The Morgan fingerprint density at radius 1 is 1.11 bits per heavy atom. The van der Waals surface area contributed by atoms with Gasteiger partial charge in [0.15, 0.2) is 6.10 Å². The van der Waals surface area contributed by atoms with Crippen molar-refractivity contribution >= 4 is 11.8 Å². The van der Waals surface area contributed by atoms with Gasteiger partial charge in [0.1, 0.15) is 0 Å². The summed E-state index contributed by atoms with van der Waals surface area (Å²) in [5.41, 5.74) is 1.79. The normalized spacial score (nSPS) is 12.3. The fourth-order valence-electron chi connectivity index (χ4n) is 1.81. The Labute approximate surface area is 108 Å². The van der Waals surface area contributed by atoms with Gasteiger partial charge in [0, 0.05) is 12.5 Å². The maximum absolute atomic E-state index is 11.9. The molecule has 3 nitrogen and oxygen atoms in total. The van der Waals surface area contributed by atoms with Gasteiger partial charge in [-0.15, -0.1) is 0 Å². The highest BCUT2D eigenvalue weighted by Gasteiger charge is 2.17. The van der Waals surface area contributed by atoms with Gasteiger partial charge in [-0.2, -0.15) is 0 Å². The average Bonchev–Trinajstić information content (AvgIpc) is 2.27. The van der Waals surface area contributed by atoms with Crippen LogP contribution < -0.4 is 0 Å². The Kier molecular flexibility index (Phi) is 5.08. The Bertz CT molecular complexity index is 418. The molecule has 0 saturated heterocycles. The van der Waals surface area contributed by atoms with Crippen molar-refractivity contribution in [1.82, 2.24) is 0 Å². The third kappa shape index (κ3) is 4.32. The Morgan fingerprint density at radius 2 is 1.67 bits per heavy atom. The molecule has 0 aliphatic carbocycles. The van der Waals surface area contributed by atoms with Crippen LogP contribution in [0.5, 0.6) is 0 Å². The van der Waals surface area contributed by atoms with Crippen molar-refractivity contribution in [2.24, 2.45) is 5.92 Å². The number of esters is 1. The van der Waals surface area contributed by atoms with Crippen LogP contribution in [0, 0.1) is 5.92 Å². The predicted molar refractivity (Wildman–Crippen MR) is 70.5 cm³/mol. The number of hydrogen-bond acceptors (Lipinski definition) is 3. The topological polar surface area (TPSA) is 43.4 Å². The number of ether oxygens (including phenoxy) is 1. The largest absolute Gasteiger partial charge is 0.454 e. The molecule has 0 amide bonds. The van der Waals surface area contributed by atoms with E-state index in [1.807, 2.05) is 12.1 Å². The van der Waals surface area contributed by atoms with Crippen LogP contribution in [0.3, 0.4) is 0 Å². The first-order valence-corrected chi connectivity index (χ1v) is 6.20. The summed E-state index contributed by atoms with van der Waals surface area (Å²) in [7, 11) is 0. The van der Waals surface area contributed by atoms with Crippen molar-refractivity contribution in [3.8, 4) is 0 Å². The molecule has 3 heteroatoms. The summed E-state index contributed by atoms with van der Waals surface area (Å²) in [6.07, 6.45) is 0.270. The van der Waals surface area contributed by atoms with Gasteiger partial charge in [-0.1, -0.05) is 38.1 Å². The summed E-state index contributed by atoms with van der Waals surface area (Å²) in [6.45, 7) is 7.20. The molecule has 1 aromatic rings. The maximum atomic E-state index is 11.9. The quantitative estimate of drug-likeness (QED) is 0.594. The number of carbonyl (C=O) groups excluding carboxylic acids is 2. The maximum Gasteiger partial charge on any atom is 0.303 e. The minimum Gasteiger partial charge on any atom is -0.454 e. The third-order valence-corrected chi connectivity index (χ3v) is 2.59. The highest BCUT2D eigenvalue weighted by atomic mass is 16.5. The molecule has 0 bridgehead atoms. The van der Waals surface area contributed by atoms with Crippen molar-refractivity contribution < 1.29 is 14.3 Å². The number of ketones is 1. The highest BCUT2D eigenvalue weighted by Crippen LogP contribution is 2.12. The van der Waals surface area contributed by atoms with E-state index in [9.17, 15) is 9.59 Å². The van der Waals surface area contributed by atoms with Crippen molar-refractivity contribution in [2.75, 3.05) is 0 Å². The first-order chi connectivity index (χ1) is 8.40. The van der Waals surface area contributed by atoms with Gasteiger partial charge in [0.05, 0.1) is 0 Å². The summed E-state index contributed by atoms with van der Waals surface area (Å²) >= 11 is 0. The zero-order valence-corrected chi connectivity index (χ0v) is 11.4. The fourth-order valence-corrected chi connectivity index (χ4v) is 1.81. The molecular weight excluding hydrogens is 228 g/mol. The van der Waals surface area contributed by atoms with Crippen LogP contribution in [-0.2, 0) is 16.0 Å². The Balaban J connectivity index is 2.72. The second kappa shape index (κ2) is 6.34. The molecule has 18 heavy (non-hydrogen) atoms. The first kappa shape index (κ1) is 14.4. The molecule has 0 radical (unpaired) electrons. The minimum atomic E-state index is -0.724. The molecule has 0 spiro atoms. The summed E-state index contributed by atoms with van der Waals surface area (Å²) < 4.78 is 4.87. The van der Waals surface area contributed by atoms with Crippen molar-refractivity contribution in [3.05, 3.63) is 35.4 Å². The van der Waals surface area contributed by atoms with Crippen molar-refractivity contribution in [2.45, 2.75) is 40.2 Å². The second-order valence-corrected chi connectivity index (χ2v) is 4.91. The predicted octanol–water partition coefficient (Wildman–Crippen LogP) is 3.02. The van der Waals surface area contributed by atoms with Crippen LogP contribution in [0.2, 0.25) is 0 Å². The number of rotatable bonds is 5. The molecule has 0 aliphatic heterocycles. The molecule has 0 aliphatic rings. The number of carbonyl (C=O) groups is 2. The minimum absolute atomic E-state index is 0.165. The Hall–Kier alpha value is -1.64. The molecule has 0 aromatic heterocycles. The van der Waals surface area contributed by atoms with Gasteiger partial charge in [0.2, 0.25) is 5.78 Å². The van der Waals surface area contributed by atoms with Gasteiger partial charge in [-0.3, -0.25) is 9.59 Å². The summed E-state index contributed by atoms with van der Waals surface area (Å²) in [5, 5.41) is 0. The summed E-state index contributed by atoms with van der Waals surface area (Å²) in [5.74, 6) is -0.0138. The average molecular weight is 248 g/mol. The van der Waals surface area contributed by atoms with E-state index < -0.39 is 12.1 Å². The summed E-state index contributed by atoms with van der Waals surface area (Å²) in [6, 6.07) is 7.49. The molecule has 0 saturated carbocycles. The van der Waals surface area contributed by atoms with Crippen molar-refractivity contribution in [3.63, 3.8) is 0 Å². The lowest BCUT2D eigenvalue weighted by Gasteiger charge is -2.11. The lowest BCUT2D eigenvalue weighted by atomic mass is 9.99. The SMILES string of the molecule is CC(=O)OC(C)C(=O)c1ccc(CC(C)C)cc1. The summed E-state index contributed by atoms with van der Waals surface area (Å²) in [4.78, 5) is 22.7. The lowest BCUT2D eigenvalue weighted by molar-refractivity contribution is -0.143. The smallest absolute Gasteiger partial charge is 0.303 e. The van der Waals surface area contributed by atoms with Crippen LogP contribution >= 0.6 is 0 Å². The highest BCUT2D eigenvalue weighted by molar-refractivity contribution is 6.00. The zero-order chi connectivity index (χ0) is 13.7. The molecule has 0 heterocycles. The van der Waals surface area contributed by atoms with E-state index in [0.29, 0.717) is 11.5 Å².